The first-order valence-corrected chi connectivity index (χ1v) is 7.06. The summed E-state index contributed by atoms with van der Waals surface area (Å²) in [7, 11) is 0. The lowest BCUT2D eigenvalue weighted by Crippen LogP contribution is -2.15. The van der Waals surface area contributed by atoms with E-state index in [0.717, 1.165) is 6.42 Å². The maximum absolute atomic E-state index is 5.70. The van der Waals surface area contributed by atoms with Crippen LogP contribution in [0.5, 0.6) is 0 Å². The Labute approximate surface area is 120 Å². The minimum atomic E-state index is 0.0867. The molecule has 0 aromatic heterocycles. The number of hydrogen-bond acceptors (Lipinski definition) is 3. The Morgan fingerprint density at radius 3 is 2.89 bits per heavy atom. The van der Waals surface area contributed by atoms with Gasteiger partial charge in [0.2, 0.25) is 0 Å². The van der Waals surface area contributed by atoms with Gasteiger partial charge in [-0.15, -0.1) is 6.58 Å². The molecular formula is C16H20O2S. The molecule has 1 aliphatic rings. The molecule has 2 nitrogen and oxygen atoms in total. The van der Waals surface area contributed by atoms with Crippen LogP contribution in [0, 0.1) is 11.8 Å². The molecule has 0 radical (unpaired) electrons. The highest BCUT2D eigenvalue weighted by molar-refractivity contribution is 7.80. The van der Waals surface area contributed by atoms with Crippen LogP contribution in [-0.2, 0) is 16.1 Å². The van der Waals surface area contributed by atoms with E-state index in [4.69, 9.17) is 21.7 Å². The second kappa shape index (κ2) is 6.83. The third kappa shape index (κ3) is 3.88. The van der Waals surface area contributed by atoms with E-state index in [1.807, 2.05) is 24.3 Å². The predicted molar refractivity (Wildman–Crippen MR) is 81.0 cm³/mol. The van der Waals surface area contributed by atoms with Crippen LogP contribution in [0.2, 0.25) is 0 Å². The van der Waals surface area contributed by atoms with Crippen LogP contribution in [0.4, 0.5) is 0 Å². The molecule has 3 atom stereocenters. The molecule has 1 aromatic rings. The van der Waals surface area contributed by atoms with Gasteiger partial charge in [0, 0.05) is 5.92 Å². The van der Waals surface area contributed by atoms with Gasteiger partial charge in [0.25, 0.3) is 0 Å². The summed E-state index contributed by atoms with van der Waals surface area (Å²) in [6.07, 6.45) is 2.96. The van der Waals surface area contributed by atoms with Crippen LogP contribution in [0.25, 0.3) is 0 Å². The van der Waals surface area contributed by atoms with Gasteiger partial charge in [-0.1, -0.05) is 43.3 Å². The molecule has 3 heteroatoms. The van der Waals surface area contributed by atoms with Crippen LogP contribution < -0.4 is 0 Å². The molecule has 1 aliphatic heterocycles. The summed E-state index contributed by atoms with van der Waals surface area (Å²) in [6.45, 7) is 7.16. The Hall–Kier alpha value is -1.19. The van der Waals surface area contributed by atoms with E-state index in [2.05, 4.69) is 25.6 Å². The fraction of sp³-hybridized carbons (Fsp3) is 0.438. The Balaban J connectivity index is 1.76. The van der Waals surface area contributed by atoms with Gasteiger partial charge >= 0.3 is 0 Å². The van der Waals surface area contributed by atoms with Crippen LogP contribution in [0.3, 0.4) is 0 Å². The topological polar surface area (TPSA) is 18.5 Å². The van der Waals surface area contributed by atoms with Crippen LogP contribution >= 0.6 is 12.2 Å². The zero-order valence-electron chi connectivity index (χ0n) is 11.2. The summed E-state index contributed by atoms with van der Waals surface area (Å²) < 4.78 is 11.4. The Morgan fingerprint density at radius 2 is 2.21 bits per heavy atom. The van der Waals surface area contributed by atoms with Crippen molar-refractivity contribution in [3.05, 3.63) is 48.6 Å². The molecule has 19 heavy (non-hydrogen) atoms. The average Bonchev–Trinajstić information content (AvgIpc) is 2.80. The summed E-state index contributed by atoms with van der Waals surface area (Å²) in [4.78, 5) is 0. The molecule has 1 fully saturated rings. The fourth-order valence-electron chi connectivity index (χ4n) is 2.26. The molecule has 0 N–H and O–H groups in total. The number of benzene rings is 1. The van der Waals surface area contributed by atoms with Gasteiger partial charge in [-0.2, -0.15) is 0 Å². The largest absolute Gasteiger partial charge is 0.481 e. The Kier molecular flexibility index (Phi) is 5.11. The first-order valence-electron chi connectivity index (χ1n) is 6.65. The lowest BCUT2D eigenvalue weighted by molar-refractivity contribution is 0.0456. The molecule has 0 saturated carbocycles. The SMILES string of the molecule is C=CC(C)C1CC(COCc2ccccc2)OC1=S. The van der Waals surface area contributed by atoms with E-state index < -0.39 is 0 Å². The lowest BCUT2D eigenvalue weighted by atomic mass is 9.92. The van der Waals surface area contributed by atoms with Gasteiger partial charge in [-0.25, -0.2) is 0 Å². The van der Waals surface area contributed by atoms with E-state index in [0.29, 0.717) is 30.1 Å². The Bertz CT molecular complexity index is 430. The molecule has 0 aliphatic carbocycles. The highest BCUT2D eigenvalue weighted by atomic mass is 32.1. The lowest BCUT2D eigenvalue weighted by Gasteiger charge is -2.11. The van der Waals surface area contributed by atoms with Crippen molar-refractivity contribution >= 4 is 17.3 Å². The van der Waals surface area contributed by atoms with Crippen molar-refractivity contribution in [2.45, 2.75) is 26.1 Å². The maximum atomic E-state index is 5.70. The molecule has 1 saturated heterocycles. The molecule has 0 bridgehead atoms. The highest BCUT2D eigenvalue weighted by Gasteiger charge is 2.33. The quantitative estimate of drug-likeness (QED) is 0.582. The molecule has 0 spiro atoms. The summed E-state index contributed by atoms with van der Waals surface area (Å²) in [5, 5.41) is 0.709. The van der Waals surface area contributed by atoms with Crippen molar-refractivity contribution in [2.75, 3.05) is 6.61 Å². The van der Waals surface area contributed by atoms with Gasteiger partial charge in [0.1, 0.15) is 6.10 Å². The minimum Gasteiger partial charge on any atom is -0.481 e. The van der Waals surface area contributed by atoms with Crippen molar-refractivity contribution in [2.24, 2.45) is 11.8 Å². The van der Waals surface area contributed by atoms with Gasteiger partial charge < -0.3 is 9.47 Å². The number of allylic oxidation sites excluding steroid dienone is 1. The molecule has 0 amide bonds. The summed E-state index contributed by atoms with van der Waals surface area (Å²) in [5.41, 5.74) is 1.18. The monoisotopic (exact) mass is 276 g/mol. The van der Waals surface area contributed by atoms with E-state index in [1.54, 1.807) is 0 Å². The minimum absolute atomic E-state index is 0.0867. The van der Waals surface area contributed by atoms with Crippen molar-refractivity contribution < 1.29 is 9.47 Å². The fourth-order valence-corrected chi connectivity index (χ4v) is 2.70. The smallest absolute Gasteiger partial charge is 0.164 e. The molecular weight excluding hydrogens is 256 g/mol. The number of hydrogen-bond donors (Lipinski definition) is 0. The number of rotatable bonds is 6. The molecule has 3 unspecified atom stereocenters. The van der Waals surface area contributed by atoms with E-state index in [1.165, 1.54) is 5.56 Å². The van der Waals surface area contributed by atoms with Gasteiger partial charge in [0.15, 0.2) is 5.05 Å². The Morgan fingerprint density at radius 1 is 1.47 bits per heavy atom. The normalized spacial score (nSPS) is 23.9. The summed E-state index contributed by atoms with van der Waals surface area (Å²) in [6, 6.07) is 10.2. The first kappa shape index (κ1) is 14.2. The highest BCUT2D eigenvalue weighted by Crippen LogP contribution is 2.29. The maximum Gasteiger partial charge on any atom is 0.164 e. The van der Waals surface area contributed by atoms with Crippen molar-refractivity contribution in [3.63, 3.8) is 0 Å². The van der Waals surface area contributed by atoms with Crippen LogP contribution in [-0.4, -0.2) is 17.8 Å². The molecule has 102 valence electrons. The zero-order chi connectivity index (χ0) is 13.7. The predicted octanol–water partition coefficient (Wildman–Crippen LogP) is 3.76. The van der Waals surface area contributed by atoms with Gasteiger partial charge in [-0.3, -0.25) is 0 Å². The van der Waals surface area contributed by atoms with Gasteiger partial charge in [0.05, 0.1) is 13.2 Å². The van der Waals surface area contributed by atoms with Crippen molar-refractivity contribution in [1.82, 2.24) is 0 Å². The van der Waals surface area contributed by atoms with Crippen LogP contribution in [0.1, 0.15) is 18.9 Å². The third-order valence-corrected chi connectivity index (χ3v) is 3.92. The second-order valence-corrected chi connectivity index (χ2v) is 5.40. The second-order valence-electron chi connectivity index (χ2n) is 5.00. The first-order chi connectivity index (χ1) is 9.20. The number of thiocarbonyl (C=S) groups is 1. The molecule has 1 aromatic carbocycles. The summed E-state index contributed by atoms with van der Waals surface area (Å²) >= 11 is 5.28. The van der Waals surface area contributed by atoms with E-state index in [9.17, 15) is 0 Å². The van der Waals surface area contributed by atoms with Crippen molar-refractivity contribution in [1.29, 1.82) is 0 Å². The summed E-state index contributed by atoms with van der Waals surface area (Å²) in [5.74, 6) is 0.671. The molecule has 2 rings (SSSR count). The number of ether oxygens (including phenoxy) is 2. The van der Waals surface area contributed by atoms with Crippen molar-refractivity contribution in [3.8, 4) is 0 Å². The van der Waals surface area contributed by atoms with E-state index in [-0.39, 0.29) is 6.10 Å². The third-order valence-electron chi connectivity index (χ3n) is 3.52. The van der Waals surface area contributed by atoms with E-state index >= 15 is 0 Å². The zero-order valence-corrected chi connectivity index (χ0v) is 12.1. The molecule has 1 heterocycles. The standard InChI is InChI=1S/C16H20O2S/c1-3-12(2)15-9-14(18-16(15)19)11-17-10-13-7-5-4-6-8-13/h3-8,12,14-15H,1,9-11H2,2H3. The average molecular weight is 276 g/mol. The van der Waals surface area contributed by atoms with Crippen LogP contribution in [0.15, 0.2) is 43.0 Å². The van der Waals surface area contributed by atoms with Gasteiger partial charge in [-0.05, 0) is 30.1 Å².